The second-order valence-electron chi connectivity index (χ2n) is 4.35. The number of carbonyl (C=O) groups is 2. The van der Waals surface area contributed by atoms with E-state index in [2.05, 4.69) is 10.6 Å². The molecule has 1 aliphatic heterocycles. The summed E-state index contributed by atoms with van der Waals surface area (Å²) in [6.45, 7) is 2.81. The van der Waals surface area contributed by atoms with Crippen LogP contribution in [0.25, 0.3) is 0 Å². The summed E-state index contributed by atoms with van der Waals surface area (Å²) in [6, 6.07) is 4.41. The van der Waals surface area contributed by atoms with E-state index in [4.69, 9.17) is 9.84 Å². The first-order valence-corrected chi connectivity index (χ1v) is 6.08. The maximum absolute atomic E-state index is 11.9. The molecule has 0 aromatic heterocycles. The van der Waals surface area contributed by atoms with Gasteiger partial charge in [0.2, 0.25) is 0 Å². The zero-order valence-corrected chi connectivity index (χ0v) is 10.6. The van der Waals surface area contributed by atoms with E-state index in [1.54, 1.807) is 18.2 Å². The second-order valence-corrected chi connectivity index (χ2v) is 4.35. The summed E-state index contributed by atoms with van der Waals surface area (Å²) in [7, 11) is 0. The van der Waals surface area contributed by atoms with E-state index in [9.17, 15) is 9.59 Å². The molecular formula is C13H16N2O4. The van der Waals surface area contributed by atoms with Gasteiger partial charge in [-0.3, -0.25) is 14.9 Å². The Labute approximate surface area is 110 Å². The van der Waals surface area contributed by atoms with Crippen molar-refractivity contribution in [3.63, 3.8) is 0 Å². The SMILES string of the molecule is CC(NCC(=O)c1ccc2c(c1)NCCO2)C(=O)O. The van der Waals surface area contributed by atoms with Crippen LogP contribution in [0.5, 0.6) is 5.75 Å². The van der Waals surface area contributed by atoms with Gasteiger partial charge in [-0.2, -0.15) is 0 Å². The van der Waals surface area contributed by atoms with Gasteiger partial charge < -0.3 is 15.2 Å². The number of hydrogen-bond donors (Lipinski definition) is 3. The number of nitrogens with one attached hydrogen (secondary N) is 2. The van der Waals surface area contributed by atoms with Crippen LogP contribution in [0.1, 0.15) is 17.3 Å². The van der Waals surface area contributed by atoms with Gasteiger partial charge in [0.25, 0.3) is 0 Å². The number of aliphatic carboxylic acids is 1. The number of carboxylic acid groups (broad SMARTS) is 1. The lowest BCUT2D eigenvalue weighted by atomic mass is 10.1. The van der Waals surface area contributed by atoms with Crippen LogP contribution in [-0.4, -0.2) is 42.6 Å². The van der Waals surface area contributed by atoms with Crippen molar-refractivity contribution < 1.29 is 19.4 Å². The highest BCUT2D eigenvalue weighted by molar-refractivity contribution is 5.99. The number of ether oxygens (including phenoxy) is 1. The third-order valence-corrected chi connectivity index (χ3v) is 2.92. The summed E-state index contributed by atoms with van der Waals surface area (Å²) in [4.78, 5) is 22.6. The Hall–Kier alpha value is -2.08. The molecule has 0 spiro atoms. The standard InChI is InChI=1S/C13H16N2O4/c1-8(13(17)18)15-7-11(16)9-2-3-12-10(6-9)14-4-5-19-12/h2-3,6,8,14-15H,4-5,7H2,1H3,(H,17,18). The van der Waals surface area contributed by atoms with Gasteiger partial charge in [-0.1, -0.05) is 0 Å². The molecular weight excluding hydrogens is 248 g/mol. The fourth-order valence-corrected chi connectivity index (χ4v) is 1.75. The monoisotopic (exact) mass is 264 g/mol. The number of rotatable bonds is 5. The van der Waals surface area contributed by atoms with Crippen LogP contribution in [0.4, 0.5) is 5.69 Å². The number of hydrogen-bond acceptors (Lipinski definition) is 5. The van der Waals surface area contributed by atoms with Crippen molar-refractivity contribution in [3.8, 4) is 5.75 Å². The summed E-state index contributed by atoms with van der Waals surface area (Å²) >= 11 is 0. The van der Waals surface area contributed by atoms with Crippen molar-refractivity contribution in [1.82, 2.24) is 5.32 Å². The lowest BCUT2D eigenvalue weighted by molar-refractivity contribution is -0.138. The minimum Gasteiger partial charge on any atom is -0.490 e. The molecule has 0 saturated heterocycles. The fourth-order valence-electron chi connectivity index (χ4n) is 1.75. The van der Waals surface area contributed by atoms with Gasteiger partial charge in [-0.25, -0.2) is 0 Å². The van der Waals surface area contributed by atoms with E-state index < -0.39 is 12.0 Å². The normalized spacial score (nSPS) is 14.8. The van der Waals surface area contributed by atoms with Gasteiger partial charge in [-0.15, -0.1) is 0 Å². The molecule has 1 unspecified atom stereocenters. The summed E-state index contributed by atoms with van der Waals surface area (Å²) in [6.07, 6.45) is 0. The molecule has 0 fully saturated rings. The van der Waals surface area contributed by atoms with Crippen molar-refractivity contribution in [3.05, 3.63) is 23.8 Å². The number of benzene rings is 1. The fraction of sp³-hybridized carbons (Fsp3) is 0.385. The van der Waals surface area contributed by atoms with Crippen LogP contribution in [0.2, 0.25) is 0 Å². The van der Waals surface area contributed by atoms with E-state index in [-0.39, 0.29) is 12.3 Å². The van der Waals surface area contributed by atoms with Crippen LogP contribution in [0.15, 0.2) is 18.2 Å². The number of ketones is 1. The molecule has 0 radical (unpaired) electrons. The smallest absolute Gasteiger partial charge is 0.320 e. The first kappa shape index (κ1) is 13.4. The van der Waals surface area contributed by atoms with Crippen molar-refractivity contribution in [2.45, 2.75) is 13.0 Å². The summed E-state index contributed by atoms with van der Waals surface area (Å²) in [5, 5.41) is 14.5. The van der Waals surface area contributed by atoms with Gasteiger partial charge in [0.1, 0.15) is 18.4 Å². The van der Waals surface area contributed by atoms with Crippen molar-refractivity contribution in [2.75, 3.05) is 25.0 Å². The Morgan fingerprint density at radius 3 is 3.05 bits per heavy atom. The maximum atomic E-state index is 11.9. The predicted molar refractivity (Wildman–Crippen MR) is 69.9 cm³/mol. The minimum absolute atomic E-state index is 0.00683. The Morgan fingerprint density at radius 1 is 1.53 bits per heavy atom. The topological polar surface area (TPSA) is 87.7 Å². The van der Waals surface area contributed by atoms with Gasteiger partial charge >= 0.3 is 5.97 Å². The number of carboxylic acids is 1. The van der Waals surface area contributed by atoms with E-state index in [0.29, 0.717) is 18.7 Å². The molecule has 1 aromatic rings. The van der Waals surface area contributed by atoms with E-state index in [1.165, 1.54) is 6.92 Å². The Bertz CT molecular complexity index is 501. The summed E-state index contributed by atoms with van der Waals surface area (Å²) in [5.41, 5.74) is 1.32. The van der Waals surface area contributed by atoms with Crippen molar-refractivity contribution in [2.24, 2.45) is 0 Å². The summed E-state index contributed by atoms with van der Waals surface area (Å²) in [5.74, 6) is -0.397. The molecule has 0 saturated carbocycles. The minimum atomic E-state index is -0.978. The van der Waals surface area contributed by atoms with E-state index in [1.807, 2.05) is 0 Å². The zero-order valence-electron chi connectivity index (χ0n) is 10.6. The first-order chi connectivity index (χ1) is 9.08. The Morgan fingerprint density at radius 2 is 2.32 bits per heavy atom. The van der Waals surface area contributed by atoms with Crippen molar-refractivity contribution >= 4 is 17.4 Å². The molecule has 19 heavy (non-hydrogen) atoms. The van der Waals surface area contributed by atoms with Gasteiger partial charge in [0, 0.05) is 12.1 Å². The molecule has 3 N–H and O–H groups in total. The zero-order chi connectivity index (χ0) is 13.8. The third-order valence-electron chi connectivity index (χ3n) is 2.92. The van der Waals surface area contributed by atoms with Crippen LogP contribution in [-0.2, 0) is 4.79 Å². The second kappa shape index (κ2) is 5.71. The number of anilines is 1. The van der Waals surface area contributed by atoms with E-state index in [0.717, 1.165) is 11.4 Å². The van der Waals surface area contributed by atoms with E-state index >= 15 is 0 Å². The molecule has 0 bridgehead atoms. The lowest BCUT2D eigenvalue weighted by Gasteiger charge is -2.19. The van der Waals surface area contributed by atoms with Crippen LogP contribution in [0.3, 0.4) is 0 Å². The van der Waals surface area contributed by atoms with Gasteiger partial charge in [0.15, 0.2) is 5.78 Å². The molecule has 0 aliphatic carbocycles. The van der Waals surface area contributed by atoms with Gasteiger partial charge in [0.05, 0.1) is 12.2 Å². The molecule has 1 atom stereocenters. The first-order valence-electron chi connectivity index (χ1n) is 6.08. The predicted octanol–water partition coefficient (Wildman–Crippen LogP) is 0.736. The number of fused-ring (bicyclic) bond motifs is 1. The maximum Gasteiger partial charge on any atom is 0.320 e. The lowest BCUT2D eigenvalue weighted by Crippen LogP contribution is -2.37. The largest absolute Gasteiger partial charge is 0.490 e. The summed E-state index contributed by atoms with van der Waals surface area (Å²) < 4.78 is 5.42. The third kappa shape index (κ3) is 3.23. The molecule has 1 aliphatic rings. The average Bonchev–Trinajstić information content (AvgIpc) is 2.43. The van der Waals surface area contributed by atoms with Crippen LogP contribution in [0, 0.1) is 0 Å². The quantitative estimate of drug-likeness (QED) is 0.680. The highest BCUT2D eigenvalue weighted by atomic mass is 16.5. The number of Topliss-reactive ketones (excluding diaryl/α,β-unsaturated/α-hetero) is 1. The molecule has 102 valence electrons. The molecule has 6 heteroatoms. The van der Waals surface area contributed by atoms with Crippen LogP contribution < -0.4 is 15.4 Å². The highest BCUT2D eigenvalue weighted by Gasteiger charge is 2.15. The average molecular weight is 264 g/mol. The van der Waals surface area contributed by atoms with Crippen LogP contribution >= 0.6 is 0 Å². The van der Waals surface area contributed by atoms with Crippen molar-refractivity contribution in [1.29, 1.82) is 0 Å². The van der Waals surface area contributed by atoms with Gasteiger partial charge in [-0.05, 0) is 25.1 Å². The Kier molecular flexibility index (Phi) is 4.01. The molecule has 6 nitrogen and oxygen atoms in total. The molecule has 2 rings (SSSR count). The molecule has 0 amide bonds. The molecule has 1 heterocycles. The number of carbonyl (C=O) groups excluding carboxylic acids is 1. The highest BCUT2D eigenvalue weighted by Crippen LogP contribution is 2.28. The Balaban J connectivity index is 2.01. The molecule has 1 aromatic carbocycles.